The molecule has 2 N–H and O–H groups in total. The summed E-state index contributed by atoms with van der Waals surface area (Å²) in [6.07, 6.45) is 0. The van der Waals surface area contributed by atoms with Crippen LogP contribution in [0.25, 0.3) is 0 Å². The molecule has 22 heavy (non-hydrogen) atoms. The number of benzene rings is 2. The van der Waals surface area contributed by atoms with Gasteiger partial charge in [-0.05, 0) is 30.2 Å². The van der Waals surface area contributed by atoms with Gasteiger partial charge in [0.2, 0.25) is 5.91 Å². The lowest BCUT2D eigenvalue weighted by Gasteiger charge is -2.25. The molecule has 1 amide bonds. The van der Waals surface area contributed by atoms with Gasteiger partial charge in [0.05, 0.1) is 13.2 Å². The molecule has 0 heterocycles. The summed E-state index contributed by atoms with van der Waals surface area (Å²) in [4.78, 5) is 14.1. The maximum absolute atomic E-state index is 12.4. The second-order valence-corrected chi connectivity index (χ2v) is 5.32. The van der Waals surface area contributed by atoms with Crippen molar-refractivity contribution in [3.05, 3.63) is 65.7 Å². The molecule has 0 aliphatic heterocycles. The molecule has 4 heteroatoms. The second-order valence-electron chi connectivity index (χ2n) is 5.32. The molecule has 116 valence electrons. The van der Waals surface area contributed by atoms with Gasteiger partial charge in [-0.1, -0.05) is 42.5 Å². The van der Waals surface area contributed by atoms with Gasteiger partial charge >= 0.3 is 0 Å². The standard InChI is InChI=1S/C18H22N2O2/c1-14(19)18(21)20(12-15-6-4-3-5-7-15)13-16-8-10-17(22-2)11-9-16/h3-11,14H,12-13,19H2,1-2H3/t14-/m1/s1. The van der Waals surface area contributed by atoms with Gasteiger partial charge in [0, 0.05) is 13.1 Å². The predicted octanol–water partition coefficient (Wildman–Crippen LogP) is 2.57. The minimum absolute atomic E-state index is 0.0559. The zero-order chi connectivity index (χ0) is 15.9. The highest BCUT2D eigenvalue weighted by atomic mass is 16.5. The van der Waals surface area contributed by atoms with Gasteiger partial charge in [-0.25, -0.2) is 0 Å². The molecular formula is C18H22N2O2. The number of methoxy groups -OCH3 is 1. The summed E-state index contributed by atoms with van der Waals surface area (Å²) in [5.41, 5.74) is 7.91. The molecule has 0 unspecified atom stereocenters. The summed E-state index contributed by atoms with van der Waals surface area (Å²) in [5.74, 6) is 0.747. The van der Waals surface area contributed by atoms with Crippen LogP contribution in [0.4, 0.5) is 0 Å². The van der Waals surface area contributed by atoms with Gasteiger partial charge in [-0.15, -0.1) is 0 Å². The number of amides is 1. The molecule has 0 bridgehead atoms. The quantitative estimate of drug-likeness (QED) is 0.891. The van der Waals surface area contributed by atoms with E-state index in [0.29, 0.717) is 13.1 Å². The SMILES string of the molecule is COc1ccc(CN(Cc2ccccc2)C(=O)[C@@H](C)N)cc1. The van der Waals surface area contributed by atoms with Crippen molar-refractivity contribution in [2.75, 3.05) is 7.11 Å². The number of rotatable bonds is 6. The number of carbonyl (C=O) groups excluding carboxylic acids is 1. The highest BCUT2D eigenvalue weighted by Gasteiger charge is 2.18. The van der Waals surface area contributed by atoms with Crippen LogP contribution in [0.15, 0.2) is 54.6 Å². The molecule has 2 aromatic rings. The van der Waals surface area contributed by atoms with Crippen LogP contribution in [-0.4, -0.2) is 24.0 Å². The molecule has 4 nitrogen and oxygen atoms in total. The Morgan fingerprint density at radius 2 is 1.59 bits per heavy atom. The fraction of sp³-hybridized carbons (Fsp3) is 0.278. The zero-order valence-corrected chi connectivity index (χ0v) is 13.0. The smallest absolute Gasteiger partial charge is 0.239 e. The number of carbonyl (C=O) groups is 1. The van der Waals surface area contributed by atoms with Gasteiger partial charge < -0.3 is 15.4 Å². The van der Waals surface area contributed by atoms with Crippen LogP contribution in [-0.2, 0) is 17.9 Å². The summed E-state index contributed by atoms with van der Waals surface area (Å²) in [7, 11) is 1.64. The molecule has 0 spiro atoms. The van der Waals surface area contributed by atoms with E-state index in [9.17, 15) is 4.79 Å². The average Bonchev–Trinajstić information content (AvgIpc) is 2.55. The van der Waals surface area contributed by atoms with Gasteiger partial charge in [-0.3, -0.25) is 4.79 Å². The van der Waals surface area contributed by atoms with Crippen molar-refractivity contribution in [1.29, 1.82) is 0 Å². The van der Waals surface area contributed by atoms with E-state index in [1.807, 2.05) is 54.6 Å². The van der Waals surface area contributed by atoms with Crippen molar-refractivity contribution in [2.24, 2.45) is 5.73 Å². The van der Waals surface area contributed by atoms with E-state index in [1.165, 1.54) is 0 Å². The Bertz CT molecular complexity index is 594. The average molecular weight is 298 g/mol. The minimum Gasteiger partial charge on any atom is -0.497 e. The molecular weight excluding hydrogens is 276 g/mol. The minimum atomic E-state index is -0.512. The van der Waals surface area contributed by atoms with E-state index >= 15 is 0 Å². The molecule has 0 saturated carbocycles. The first-order valence-corrected chi connectivity index (χ1v) is 7.31. The predicted molar refractivity (Wildman–Crippen MR) is 87.3 cm³/mol. The summed E-state index contributed by atoms with van der Waals surface area (Å²) in [6, 6.07) is 17.1. The van der Waals surface area contributed by atoms with Crippen LogP contribution in [0.5, 0.6) is 5.75 Å². The first-order chi connectivity index (χ1) is 10.6. The Hall–Kier alpha value is -2.33. The molecule has 0 fully saturated rings. The summed E-state index contributed by atoms with van der Waals surface area (Å²) in [5, 5.41) is 0. The van der Waals surface area contributed by atoms with E-state index in [-0.39, 0.29) is 5.91 Å². The molecule has 0 radical (unpaired) electrons. The molecule has 0 aromatic heterocycles. The second kappa shape index (κ2) is 7.61. The Kier molecular flexibility index (Phi) is 5.55. The Morgan fingerprint density at radius 1 is 1.05 bits per heavy atom. The van der Waals surface area contributed by atoms with Crippen LogP contribution >= 0.6 is 0 Å². The van der Waals surface area contributed by atoms with Gasteiger partial charge in [-0.2, -0.15) is 0 Å². The van der Waals surface area contributed by atoms with Gasteiger partial charge in [0.25, 0.3) is 0 Å². The number of ether oxygens (including phenoxy) is 1. The Labute approximate surface area is 131 Å². The molecule has 0 aliphatic rings. The van der Waals surface area contributed by atoms with Crippen molar-refractivity contribution in [2.45, 2.75) is 26.1 Å². The van der Waals surface area contributed by atoms with Crippen LogP contribution in [0.3, 0.4) is 0 Å². The molecule has 0 saturated heterocycles. The van der Waals surface area contributed by atoms with Crippen LogP contribution in [0.2, 0.25) is 0 Å². The third-order valence-electron chi connectivity index (χ3n) is 3.45. The van der Waals surface area contributed by atoms with Crippen LogP contribution in [0, 0.1) is 0 Å². The van der Waals surface area contributed by atoms with Crippen LogP contribution in [0.1, 0.15) is 18.1 Å². The normalized spacial score (nSPS) is 11.8. The summed E-state index contributed by atoms with van der Waals surface area (Å²) in [6.45, 7) is 2.79. The van der Waals surface area contributed by atoms with E-state index in [4.69, 9.17) is 10.5 Å². The summed E-state index contributed by atoms with van der Waals surface area (Å²) >= 11 is 0. The Balaban J connectivity index is 2.14. The zero-order valence-electron chi connectivity index (χ0n) is 13.0. The topological polar surface area (TPSA) is 55.6 Å². The highest BCUT2D eigenvalue weighted by Crippen LogP contribution is 2.15. The van der Waals surface area contributed by atoms with Crippen molar-refractivity contribution < 1.29 is 9.53 Å². The van der Waals surface area contributed by atoms with Crippen molar-refractivity contribution in [1.82, 2.24) is 4.90 Å². The fourth-order valence-corrected chi connectivity index (χ4v) is 2.25. The first-order valence-electron chi connectivity index (χ1n) is 7.31. The third kappa shape index (κ3) is 4.33. The molecule has 2 rings (SSSR count). The Morgan fingerprint density at radius 3 is 2.09 bits per heavy atom. The first kappa shape index (κ1) is 16.0. The monoisotopic (exact) mass is 298 g/mol. The van der Waals surface area contributed by atoms with Gasteiger partial charge in [0.15, 0.2) is 0 Å². The van der Waals surface area contributed by atoms with Crippen molar-refractivity contribution >= 4 is 5.91 Å². The van der Waals surface area contributed by atoms with Gasteiger partial charge in [0.1, 0.15) is 5.75 Å². The van der Waals surface area contributed by atoms with Crippen molar-refractivity contribution in [3.8, 4) is 5.75 Å². The largest absolute Gasteiger partial charge is 0.497 e. The lowest BCUT2D eigenvalue weighted by Crippen LogP contribution is -2.41. The third-order valence-corrected chi connectivity index (χ3v) is 3.45. The maximum atomic E-state index is 12.4. The summed E-state index contributed by atoms with van der Waals surface area (Å²) < 4.78 is 5.15. The number of hydrogen-bond acceptors (Lipinski definition) is 3. The number of hydrogen-bond donors (Lipinski definition) is 1. The van der Waals surface area contributed by atoms with E-state index in [0.717, 1.165) is 16.9 Å². The lowest BCUT2D eigenvalue weighted by atomic mass is 10.1. The van der Waals surface area contributed by atoms with E-state index in [1.54, 1.807) is 18.9 Å². The maximum Gasteiger partial charge on any atom is 0.239 e. The van der Waals surface area contributed by atoms with Crippen molar-refractivity contribution in [3.63, 3.8) is 0 Å². The fourth-order valence-electron chi connectivity index (χ4n) is 2.25. The molecule has 0 aliphatic carbocycles. The van der Waals surface area contributed by atoms with Crippen LogP contribution < -0.4 is 10.5 Å². The highest BCUT2D eigenvalue weighted by molar-refractivity contribution is 5.81. The lowest BCUT2D eigenvalue weighted by molar-refractivity contribution is -0.133. The van der Waals surface area contributed by atoms with E-state index in [2.05, 4.69) is 0 Å². The number of nitrogens with two attached hydrogens (primary N) is 1. The van der Waals surface area contributed by atoms with E-state index < -0.39 is 6.04 Å². The number of nitrogens with zero attached hydrogens (tertiary/aromatic N) is 1. The molecule has 2 aromatic carbocycles. The molecule has 1 atom stereocenters.